The quantitative estimate of drug-likeness (QED) is 0.854. The Morgan fingerprint density at radius 2 is 1.81 bits per heavy atom. The van der Waals surface area contributed by atoms with Crippen molar-refractivity contribution in [1.82, 2.24) is 4.90 Å². The Morgan fingerprint density at radius 1 is 1.19 bits per heavy atom. The van der Waals surface area contributed by atoms with E-state index in [0.717, 1.165) is 42.6 Å². The highest BCUT2D eigenvalue weighted by molar-refractivity contribution is 6.31. The lowest BCUT2D eigenvalue weighted by Crippen LogP contribution is -2.60. The maximum atomic E-state index is 13.4. The molecule has 1 heterocycles. The van der Waals surface area contributed by atoms with E-state index in [1.165, 1.54) is 19.3 Å². The van der Waals surface area contributed by atoms with E-state index in [-0.39, 0.29) is 17.4 Å². The standard InChI is InChI=1S/C22H28ClNO3/c1-27-17-3-2-16(19(23)8-17)7-18-20(25)12-24(21(18)26)22-9-13-4-14(10-22)6-15(5-13)11-22/h2-3,8,13-15,18,20,25H,4-7,9-12H2,1H3/t13?,14?,15?,18-,20+,22?/m0/s1. The average Bonchev–Trinajstić information content (AvgIpc) is 2.91. The number of aliphatic hydroxyl groups excluding tert-OH is 1. The van der Waals surface area contributed by atoms with Crippen molar-refractivity contribution in [1.29, 1.82) is 0 Å². The summed E-state index contributed by atoms with van der Waals surface area (Å²) in [6.07, 6.45) is 7.39. The maximum absolute atomic E-state index is 13.4. The van der Waals surface area contributed by atoms with Crippen LogP contribution in [-0.4, -0.2) is 41.2 Å². The number of amides is 1. The van der Waals surface area contributed by atoms with Crippen molar-refractivity contribution in [3.63, 3.8) is 0 Å². The number of aliphatic hydroxyl groups is 1. The molecule has 4 bridgehead atoms. The molecule has 146 valence electrons. The molecule has 5 heteroatoms. The van der Waals surface area contributed by atoms with Crippen LogP contribution in [0.25, 0.3) is 0 Å². The van der Waals surface area contributed by atoms with E-state index in [0.29, 0.717) is 23.7 Å². The second-order valence-electron chi connectivity index (χ2n) is 9.43. The zero-order valence-electron chi connectivity index (χ0n) is 15.9. The number of β-amino-alcohol motifs (C(OH)–C–C–N with tert-alkyl or cyclic N) is 1. The number of likely N-dealkylation sites (tertiary alicyclic amines) is 1. The number of ether oxygens (including phenoxy) is 1. The van der Waals surface area contributed by atoms with Crippen molar-refractivity contribution in [2.24, 2.45) is 23.7 Å². The first-order chi connectivity index (χ1) is 13.0. The minimum Gasteiger partial charge on any atom is -0.497 e. The number of halogens is 1. The van der Waals surface area contributed by atoms with Crippen LogP contribution in [0.5, 0.6) is 5.75 Å². The molecule has 1 aromatic rings. The summed E-state index contributed by atoms with van der Waals surface area (Å²) < 4.78 is 5.21. The number of hydrogen-bond donors (Lipinski definition) is 1. The van der Waals surface area contributed by atoms with Gasteiger partial charge in [-0.3, -0.25) is 4.79 Å². The summed E-state index contributed by atoms with van der Waals surface area (Å²) in [5, 5.41) is 11.4. The summed E-state index contributed by atoms with van der Waals surface area (Å²) in [7, 11) is 1.61. The molecule has 1 N–H and O–H groups in total. The summed E-state index contributed by atoms with van der Waals surface area (Å²) in [6.45, 7) is 0.490. The van der Waals surface area contributed by atoms with Gasteiger partial charge >= 0.3 is 0 Å². The van der Waals surface area contributed by atoms with Gasteiger partial charge in [-0.05, 0) is 80.4 Å². The van der Waals surface area contributed by atoms with Gasteiger partial charge in [0.25, 0.3) is 0 Å². The summed E-state index contributed by atoms with van der Waals surface area (Å²) in [6, 6.07) is 5.55. The molecule has 0 radical (unpaired) electrons. The molecule has 0 spiro atoms. The average molecular weight is 390 g/mol. The van der Waals surface area contributed by atoms with Crippen LogP contribution in [0, 0.1) is 23.7 Å². The number of carbonyl (C=O) groups excluding carboxylic acids is 1. The fourth-order valence-electron chi connectivity index (χ4n) is 6.87. The van der Waals surface area contributed by atoms with Crippen molar-refractivity contribution < 1.29 is 14.6 Å². The molecular formula is C22H28ClNO3. The third-order valence-corrected chi connectivity index (χ3v) is 8.05. The molecule has 0 aromatic heterocycles. The topological polar surface area (TPSA) is 49.8 Å². The van der Waals surface area contributed by atoms with E-state index >= 15 is 0 Å². The van der Waals surface area contributed by atoms with Crippen molar-refractivity contribution in [2.45, 2.75) is 56.6 Å². The summed E-state index contributed by atoms with van der Waals surface area (Å²) >= 11 is 6.39. The van der Waals surface area contributed by atoms with Gasteiger partial charge in [0.05, 0.1) is 19.1 Å². The van der Waals surface area contributed by atoms with Gasteiger partial charge in [-0.25, -0.2) is 0 Å². The minimum atomic E-state index is -0.608. The van der Waals surface area contributed by atoms with E-state index in [2.05, 4.69) is 4.90 Å². The highest BCUT2D eigenvalue weighted by atomic mass is 35.5. The SMILES string of the molecule is COc1ccc(C[C@@H]2C(=O)N(C34CC5CC(CC(C5)C3)C4)C[C@H]2O)c(Cl)c1. The summed E-state index contributed by atoms with van der Waals surface area (Å²) in [5.74, 6) is 2.82. The molecule has 1 aromatic carbocycles. The van der Waals surface area contributed by atoms with E-state index in [1.807, 2.05) is 12.1 Å². The molecule has 27 heavy (non-hydrogen) atoms. The molecule has 4 saturated carbocycles. The van der Waals surface area contributed by atoms with E-state index < -0.39 is 6.10 Å². The third kappa shape index (κ3) is 2.87. The Morgan fingerprint density at radius 3 is 2.37 bits per heavy atom. The van der Waals surface area contributed by atoms with E-state index in [1.54, 1.807) is 13.2 Å². The Bertz CT molecular complexity index is 729. The Labute approximate surface area is 165 Å². The van der Waals surface area contributed by atoms with Crippen LogP contribution in [0.15, 0.2) is 18.2 Å². The van der Waals surface area contributed by atoms with Gasteiger partial charge in [0.2, 0.25) is 5.91 Å². The van der Waals surface area contributed by atoms with Crippen molar-refractivity contribution in [3.8, 4) is 5.75 Å². The summed E-state index contributed by atoms with van der Waals surface area (Å²) in [4.78, 5) is 15.5. The summed E-state index contributed by atoms with van der Waals surface area (Å²) in [5.41, 5.74) is 0.924. The zero-order valence-corrected chi connectivity index (χ0v) is 16.6. The first kappa shape index (κ1) is 17.8. The van der Waals surface area contributed by atoms with Crippen molar-refractivity contribution in [2.75, 3.05) is 13.7 Å². The fourth-order valence-corrected chi connectivity index (χ4v) is 7.12. The van der Waals surface area contributed by atoms with Gasteiger partial charge in [-0.1, -0.05) is 17.7 Å². The Hall–Kier alpha value is -1.26. The van der Waals surface area contributed by atoms with Crippen LogP contribution < -0.4 is 4.74 Å². The molecule has 0 unspecified atom stereocenters. The normalized spacial score (nSPS) is 40.0. The number of nitrogens with zero attached hydrogens (tertiary/aromatic N) is 1. The van der Waals surface area contributed by atoms with Gasteiger partial charge in [-0.15, -0.1) is 0 Å². The molecule has 6 rings (SSSR count). The molecule has 2 atom stereocenters. The van der Waals surface area contributed by atoms with Crippen LogP contribution in [0.3, 0.4) is 0 Å². The molecule has 4 aliphatic carbocycles. The van der Waals surface area contributed by atoms with Crippen molar-refractivity contribution in [3.05, 3.63) is 28.8 Å². The molecule has 5 fully saturated rings. The molecule has 1 aliphatic heterocycles. The minimum absolute atomic E-state index is 0.0191. The van der Waals surface area contributed by atoms with Crippen LogP contribution in [0.2, 0.25) is 5.02 Å². The lowest BCUT2D eigenvalue weighted by molar-refractivity contribution is -0.147. The molecule has 4 nitrogen and oxygen atoms in total. The third-order valence-electron chi connectivity index (χ3n) is 7.70. The predicted molar refractivity (Wildman–Crippen MR) is 104 cm³/mol. The van der Waals surface area contributed by atoms with Crippen LogP contribution in [0.1, 0.15) is 44.1 Å². The first-order valence-corrected chi connectivity index (χ1v) is 10.7. The van der Waals surface area contributed by atoms with Gasteiger partial charge in [0.1, 0.15) is 5.75 Å². The monoisotopic (exact) mass is 389 g/mol. The lowest BCUT2D eigenvalue weighted by Gasteiger charge is -2.59. The molecule has 5 aliphatic rings. The Balaban J connectivity index is 1.37. The number of rotatable bonds is 4. The molecule has 1 amide bonds. The highest BCUT2D eigenvalue weighted by Gasteiger charge is 2.57. The van der Waals surface area contributed by atoms with E-state index in [9.17, 15) is 9.90 Å². The molecular weight excluding hydrogens is 362 g/mol. The van der Waals surface area contributed by atoms with Crippen LogP contribution >= 0.6 is 11.6 Å². The number of benzene rings is 1. The van der Waals surface area contributed by atoms with Crippen LogP contribution in [-0.2, 0) is 11.2 Å². The maximum Gasteiger partial charge on any atom is 0.229 e. The zero-order chi connectivity index (χ0) is 18.8. The van der Waals surface area contributed by atoms with Crippen LogP contribution in [0.4, 0.5) is 0 Å². The number of carbonyl (C=O) groups is 1. The van der Waals surface area contributed by atoms with Crippen molar-refractivity contribution >= 4 is 17.5 Å². The Kier molecular flexibility index (Phi) is 4.21. The van der Waals surface area contributed by atoms with Gasteiger partial charge < -0.3 is 14.7 Å². The predicted octanol–water partition coefficient (Wildman–Crippen LogP) is 3.68. The first-order valence-electron chi connectivity index (χ1n) is 10.3. The van der Waals surface area contributed by atoms with Gasteiger partial charge in [0, 0.05) is 17.1 Å². The van der Waals surface area contributed by atoms with Gasteiger partial charge in [0.15, 0.2) is 0 Å². The fraction of sp³-hybridized carbons (Fsp3) is 0.682. The lowest BCUT2D eigenvalue weighted by atomic mass is 9.52. The second-order valence-corrected chi connectivity index (χ2v) is 9.83. The molecule has 1 saturated heterocycles. The van der Waals surface area contributed by atoms with E-state index in [4.69, 9.17) is 16.3 Å². The highest BCUT2D eigenvalue weighted by Crippen LogP contribution is 2.58. The second kappa shape index (κ2) is 6.38. The number of hydrogen-bond acceptors (Lipinski definition) is 3. The van der Waals surface area contributed by atoms with Gasteiger partial charge in [-0.2, -0.15) is 0 Å². The largest absolute Gasteiger partial charge is 0.497 e. The smallest absolute Gasteiger partial charge is 0.229 e. The number of methoxy groups -OCH3 is 1.